The molecule has 2 N–H and O–H groups in total. The van der Waals surface area contributed by atoms with E-state index in [-0.39, 0.29) is 18.9 Å². The predicted octanol–water partition coefficient (Wildman–Crippen LogP) is 4.28. The van der Waals surface area contributed by atoms with Crippen LogP contribution in [0.4, 0.5) is 18.0 Å². The van der Waals surface area contributed by atoms with Crippen molar-refractivity contribution in [3.63, 3.8) is 0 Å². The minimum atomic E-state index is -4.25. The van der Waals surface area contributed by atoms with Gasteiger partial charge in [-0.15, -0.1) is 0 Å². The normalized spacial score (nSPS) is 31.4. The Kier molecular flexibility index (Phi) is 5.64. The Hall–Kier alpha value is -2.32. The third-order valence-corrected chi connectivity index (χ3v) is 6.77. The first kappa shape index (κ1) is 21.9. The van der Waals surface area contributed by atoms with Crippen molar-refractivity contribution in [3.8, 4) is 0 Å². The number of alkyl halides is 3. The Morgan fingerprint density at radius 3 is 2.39 bits per heavy atom. The van der Waals surface area contributed by atoms with Crippen LogP contribution in [0.3, 0.4) is 0 Å². The number of aryl methyl sites for hydroxylation is 1. The summed E-state index contributed by atoms with van der Waals surface area (Å²) in [7, 11) is 0. The highest BCUT2D eigenvalue weighted by molar-refractivity contribution is 5.92. The van der Waals surface area contributed by atoms with Crippen LogP contribution >= 0.6 is 0 Å². The minimum absolute atomic E-state index is 0.212. The van der Waals surface area contributed by atoms with Gasteiger partial charge >= 0.3 is 12.3 Å². The number of pyridine rings is 1. The number of nitrogens with zero attached hydrogens (tertiary/aromatic N) is 1. The number of hydrogen-bond donors (Lipinski definition) is 2. The number of halogens is 3. The number of alkyl carbamates (subject to hydrolysis) is 1. The van der Waals surface area contributed by atoms with Gasteiger partial charge in [-0.2, -0.15) is 13.2 Å². The summed E-state index contributed by atoms with van der Waals surface area (Å²) in [5.74, 6) is 0.561. The van der Waals surface area contributed by atoms with Crippen LogP contribution in [0.15, 0.2) is 18.2 Å². The van der Waals surface area contributed by atoms with Gasteiger partial charge in [0.15, 0.2) is 0 Å². The van der Waals surface area contributed by atoms with Gasteiger partial charge in [0.2, 0.25) is 0 Å². The second-order valence-electron chi connectivity index (χ2n) is 9.62. The van der Waals surface area contributed by atoms with Crippen LogP contribution in [0.1, 0.15) is 67.5 Å². The van der Waals surface area contributed by atoms with Gasteiger partial charge in [0.05, 0.1) is 6.61 Å². The Morgan fingerprint density at radius 1 is 1.13 bits per heavy atom. The van der Waals surface area contributed by atoms with Crippen molar-refractivity contribution >= 4 is 12.0 Å². The molecule has 2 unspecified atom stereocenters. The lowest BCUT2D eigenvalue weighted by Gasteiger charge is -2.62. The van der Waals surface area contributed by atoms with E-state index in [4.69, 9.17) is 4.74 Å². The maximum atomic E-state index is 12.9. The smallest absolute Gasteiger partial charge is 0.407 e. The second-order valence-corrected chi connectivity index (χ2v) is 9.62. The van der Waals surface area contributed by atoms with E-state index in [1.807, 2.05) is 13.0 Å². The summed E-state index contributed by atoms with van der Waals surface area (Å²) in [5, 5.41) is 6.18. The standard InChI is InChI=1S/C22H28F3N3O3/c1-14-4-2-5-17(26-14)18(29)27-20-9-15-8-16(10-20)12-21(11-15,13-20)28-19(30)31-7-3-6-22(23,24)25/h2,4-5,15-16H,3,6-13H2,1H3,(H,27,29)(H,28,30). The maximum absolute atomic E-state index is 12.9. The van der Waals surface area contributed by atoms with Gasteiger partial charge in [0, 0.05) is 23.2 Å². The SMILES string of the molecule is Cc1cccc(C(=O)NC23CC4CC(CC(NC(=O)OCCCC(F)(F)F)(C4)C2)C3)n1. The second kappa shape index (κ2) is 7.98. The van der Waals surface area contributed by atoms with E-state index < -0.39 is 29.8 Å². The Bertz CT molecular complexity index is 844. The van der Waals surface area contributed by atoms with Crippen LogP contribution in [0.25, 0.3) is 0 Å². The summed E-state index contributed by atoms with van der Waals surface area (Å²) in [6.07, 6.45) is -1.13. The number of carbonyl (C=O) groups excluding carboxylic acids is 2. The van der Waals surface area contributed by atoms with Crippen molar-refractivity contribution in [3.05, 3.63) is 29.6 Å². The van der Waals surface area contributed by atoms with E-state index in [0.717, 1.165) is 37.8 Å². The number of aromatic nitrogens is 1. The van der Waals surface area contributed by atoms with Gasteiger partial charge < -0.3 is 15.4 Å². The van der Waals surface area contributed by atoms with Crippen molar-refractivity contribution in [2.45, 2.75) is 75.5 Å². The topological polar surface area (TPSA) is 80.3 Å². The van der Waals surface area contributed by atoms with Crippen LogP contribution < -0.4 is 10.6 Å². The number of hydrogen-bond acceptors (Lipinski definition) is 4. The Morgan fingerprint density at radius 2 is 1.77 bits per heavy atom. The molecule has 4 fully saturated rings. The fourth-order valence-corrected chi connectivity index (χ4v) is 6.22. The monoisotopic (exact) mass is 439 g/mol. The molecule has 1 aromatic heterocycles. The van der Waals surface area contributed by atoms with E-state index in [2.05, 4.69) is 15.6 Å². The third-order valence-electron chi connectivity index (χ3n) is 6.77. The highest BCUT2D eigenvalue weighted by atomic mass is 19.4. The average molecular weight is 439 g/mol. The lowest BCUT2D eigenvalue weighted by Crippen LogP contribution is -2.70. The molecule has 4 saturated carbocycles. The van der Waals surface area contributed by atoms with E-state index >= 15 is 0 Å². The quantitative estimate of drug-likeness (QED) is 0.649. The molecule has 4 bridgehead atoms. The summed E-state index contributed by atoms with van der Waals surface area (Å²) in [5.41, 5.74) is 0.251. The zero-order chi connectivity index (χ0) is 22.3. The molecule has 1 heterocycles. The average Bonchev–Trinajstić information content (AvgIpc) is 2.62. The molecule has 4 aliphatic carbocycles. The van der Waals surface area contributed by atoms with Crippen molar-refractivity contribution in [2.24, 2.45) is 11.8 Å². The van der Waals surface area contributed by atoms with Gasteiger partial charge in [-0.3, -0.25) is 4.79 Å². The molecule has 6 nitrogen and oxygen atoms in total. The van der Waals surface area contributed by atoms with Gasteiger partial charge in [-0.1, -0.05) is 6.07 Å². The number of nitrogens with one attached hydrogen (secondary N) is 2. The van der Waals surface area contributed by atoms with E-state index in [0.29, 0.717) is 24.0 Å². The Balaban J connectivity index is 1.40. The molecule has 2 amide bonds. The molecule has 31 heavy (non-hydrogen) atoms. The molecule has 1 aromatic rings. The summed E-state index contributed by atoms with van der Waals surface area (Å²) in [6, 6.07) is 5.32. The van der Waals surface area contributed by atoms with Crippen molar-refractivity contribution in [1.29, 1.82) is 0 Å². The zero-order valence-corrected chi connectivity index (χ0v) is 17.6. The zero-order valence-electron chi connectivity index (χ0n) is 17.6. The fourth-order valence-electron chi connectivity index (χ4n) is 6.22. The van der Waals surface area contributed by atoms with Gasteiger partial charge in [0.1, 0.15) is 5.69 Å². The van der Waals surface area contributed by atoms with Crippen LogP contribution in [0.2, 0.25) is 0 Å². The van der Waals surface area contributed by atoms with E-state index in [1.165, 1.54) is 0 Å². The Labute approximate surface area is 179 Å². The summed E-state index contributed by atoms with van der Waals surface area (Å²) in [4.78, 5) is 29.5. The lowest BCUT2D eigenvalue weighted by molar-refractivity contribution is -0.137. The summed E-state index contributed by atoms with van der Waals surface area (Å²) < 4.78 is 41.8. The van der Waals surface area contributed by atoms with Crippen molar-refractivity contribution in [1.82, 2.24) is 15.6 Å². The highest BCUT2D eigenvalue weighted by Gasteiger charge is 2.59. The molecule has 4 aliphatic rings. The minimum Gasteiger partial charge on any atom is -0.450 e. The van der Waals surface area contributed by atoms with Crippen LogP contribution in [0.5, 0.6) is 0 Å². The molecule has 0 aliphatic heterocycles. The lowest BCUT2D eigenvalue weighted by atomic mass is 9.50. The first-order valence-electron chi connectivity index (χ1n) is 10.8. The molecule has 0 aromatic carbocycles. The molecule has 2 atom stereocenters. The molecule has 0 radical (unpaired) electrons. The van der Waals surface area contributed by atoms with Gasteiger partial charge in [-0.05, 0) is 75.8 Å². The first-order chi connectivity index (χ1) is 14.6. The number of ether oxygens (including phenoxy) is 1. The summed E-state index contributed by atoms with van der Waals surface area (Å²) in [6.45, 7) is 1.57. The largest absolute Gasteiger partial charge is 0.450 e. The maximum Gasteiger partial charge on any atom is 0.407 e. The number of amides is 2. The van der Waals surface area contributed by atoms with Crippen molar-refractivity contribution in [2.75, 3.05) is 6.61 Å². The van der Waals surface area contributed by atoms with Crippen LogP contribution in [0, 0.1) is 18.8 Å². The fraction of sp³-hybridized carbons (Fsp3) is 0.682. The molecular weight excluding hydrogens is 411 g/mol. The van der Waals surface area contributed by atoms with E-state index in [9.17, 15) is 22.8 Å². The molecule has 5 rings (SSSR count). The van der Waals surface area contributed by atoms with Gasteiger partial charge in [-0.25, -0.2) is 9.78 Å². The van der Waals surface area contributed by atoms with Crippen LogP contribution in [-0.2, 0) is 4.74 Å². The van der Waals surface area contributed by atoms with E-state index in [1.54, 1.807) is 12.1 Å². The third kappa shape index (κ3) is 5.13. The van der Waals surface area contributed by atoms with Crippen molar-refractivity contribution < 1.29 is 27.5 Å². The molecular formula is C22H28F3N3O3. The molecule has 0 spiro atoms. The summed E-state index contributed by atoms with van der Waals surface area (Å²) >= 11 is 0. The van der Waals surface area contributed by atoms with Gasteiger partial charge in [0.25, 0.3) is 5.91 Å². The highest BCUT2D eigenvalue weighted by Crippen LogP contribution is 2.57. The first-order valence-corrected chi connectivity index (χ1v) is 10.8. The molecule has 0 saturated heterocycles. The number of carbonyl (C=O) groups is 2. The number of rotatable bonds is 6. The van der Waals surface area contributed by atoms with Crippen LogP contribution in [-0.4, -0.2) is 40.8 Å². The molecule has 170 valence electrons. The predicted molar refractivity (Wildman–Crippen MR) is 106 cm³/mol. The molecule has 9 heteroatoms.